The highest BCUT2D eigenvalue weighted by molar-refractivity contribution is 5.69. The summed E-state index contributed by atoms with van der Waals surface area (Å²) in [7, 11) is 1.54. The topological polar surface area (TPSA) is 311 Å². The minimum Gasteiger partial charge on any atom is -0.445 e. The maximum atomic E-state index is 13.3. The molecule has 6 rings (SSSR count). The van der Waals surface area contributed by atoms with Crippen LogP contribution in [0.4, 0.5) is 9.59 Å². The third kappa shape index (κ3) is 10.6. The molecule has 9 unspecified atom stereocenters. The second kappa shape index (κ2) is 20.4. The number of aliphatic hydroxyl groups is 5. The zero-order valence-corrected chi connectivity index (χ0v) is 32.5. The first-order valence-corrected chi connectivity index (χ1v) is 19.4. The van der Waals surface area contributed by atoms with Crippen molar-refractivity contribution in [3.63, 3.8) is 0 Å². The van der Waals surface area contributed by atoms with Gasteiger partial charge in [-0.05, 0) is 36.5 Å². The fraction of sp³-hybridized carbons (Fsp3) is 0.632. The van der Waals surface area contributed by atoms with Crippen LogP contribution in [0.5, 0.6) is 0 Å². The van der Waals surface area contributed by atoms with Crippen LogP contribution in [0.25, 0.3) is 10.4 Å². The van der Waals surface area contributed by atoms with Crippen LogP contribution in [0.15, 0.2) is 65.8 Å². The van der Waals surface area contributed by atoms with Crippen molar-refractivity contribution in [1.29, 1.82) is 0 Å². The number of hydrogen-bond acceptors (Lipinski definition) is 17. The number of aliphatic hydroxyl groups excluding tert-OH is 5. The van der Waals surface area contributed by atoms with E-state index in [-0.39, 0.29) is 26.1 Å². The van der Waals surface area contributed by atoms with Crippen molar-refractivity contribution >= 4 is 12.2 Å². The highest BCUT2D eigenvalue weighted by Gasteiger charge is 2.54. The molecular weight excluding hydrogens is 778 g/mol. The summed E-state index contributed by atoms with van der Waals surface area (Å²) in [4.78, 5) is 29.1. The smallest absolute Gasteiger partial charge is 0.407 e. The third-order valence-electron chi connectivity index (χ3n) is 11.1. The number of rotatable bonds is 13. The number of fused-ring (bicyclic) bond motifs is 1. The fourth-order valence-electron chi connectivity index (χ4n) is 7.85. The van der Waals surface area contributed by atoms with Gasteiger partial charge in [0, 0.05) is 10.8 Å². The van der Waals surface area contributed by atoms with Crippen molar-refractivity contribution in [3.05, 3.63) is 82.2 Å². The van der Waals surface area contributed by atoms with Gasteiger partial charge in [-0.25, -0.2) is 9.59 Å². The van der Waals surface area contributed by atoms with Gasteiger partial charge in [0.15, 0.2) is 18.9 Å². The summed E-state index contributed by atoms with van der Waals surface area (Å²) >= 11 is 0. The number of ether oxygens (including phenoxy) is 7. The lowest BCUT2D eigenvalue weighted by molar-refractivity contribution is -0.375. The zero-order valence-electron chi connectivity index (χ0n) is 32.5. The quantitative estimate of drug-likeness (QED) is 0.0705. The molecule has 2 amide bonds. The first-order chi connectivity index (χ1) is 28.4. The third-order valence-corrected chi connectivity index (χ3v) is 11.1. The SMILES string of the molecule is CNC1C(O[C@H]2OC(CO)[C@@H](N)[C@@H](O)C2O)O[C@H]2CC(C)[C@@H](O[C@@H]3C(NC(=O)OCc4ccccc4)C[C@@H](NC(=O)OCc4ccccc4)C(O)[C@H]3N=[N+]=[N-])OC2C1O. The monoisotopic (exact) mass is 831 g/mol. The van der Waals surface area contributed by atoms with Gasteiger partial charge in [-0.15, -0.1) is 0 Å². The molecule has 2 aromatic rings. The van der Waals surface area contributed by atoms with E-state index in [9.17, 15) is 40.7 Å². The van der Waals surface area contributed by atoms with Crippen LogP contribution < -0.4 is 21.7 Å². The van der Waals surface area contributed by atoms with Crippen molar-refractivity contribution in [2.24, 2.45) is 16.8 Å². The van der Waals surface area contributed by atoms with E-state index in [1.807, 2.05) is 12.1 Å². The highest BCUT2D eigenvalue weighted by Crippen LogP contribution is 2.38. The Bertz CT molecular complexity index is 1710. The van der Waals surface area contributed by atoms with Gasteiger partial charge < -0.3 is 80.4 Å². The van der Waals surface area contributed by atoms with Crippen LogP contribution in [-0.4, -0.2) is 149 Å². The van der Waals surface area contributed by atoms with E-state index in [0.29, 0.717) is 0 Å². The molecule has 4 fully saturated rings. The Morgan fingerprint density at radius 2 is 1.42 bits per heavy atom. The van der Waals surface area contributed by atoms with Crippen LogP contribution in [-0.2, 0) is 46.4 Å². The van der Waals surface area contributed by atoms with Crippen LogP contribution in [0.2, 0.25) is 0 Å². The average molecular weight is 832 g/mol. The molecule has 0 spiro atoms. The average Bonchev–Trinajstić information content (AvgIpc) is 3.23. The zero-order chi connectivity index (χ0) is 42.2. The van der Waals surface area contributed by atoms with E-state index in [2.05, 4.69) is 26.0 Å². The first-order valence-electron chi connectivity index (χ1n) is 19.4. The van der Waals surface area contributed by atoms with Gasteiger partial charge in [-0.1, -0.05) is 72.7 Å². The molecular formula is C38H53N7O14. The first kappa shape index (κ1) is 44.4. The summed E-state index contributed by atoms with van der Waals surface area (Å²) in [5.74, 6) is -0.483. The highest BCUT2D eigenvalue weighted by atomic mass is 16.8. The normalized spacial score (nSPS) is 38.2. The molecule has 3 heterocycles. The number of hydrogen-bond donors (Lipinski definition) is 9. The van der Waals surface area contributed by atoms with Gasteiger partial charge in [0.25, 0.3) is 0 Å². The number of azide groups is 1. The number of amides is 2. The van der Waals surface area contributed by atoms with E-state index in [1.165, 1.54) is 7.05 Å². The van der Waals surface area contributed by atoms with Crippen LogP contribution in [0.1, 0.15) is 30.9 Å². The van der Waals surface area contributed by atoms with Crippen LogP contribution in [0, 0.1) is 5.92 Å². The Labute approximate surface area is 339 Å². The number of nitrogens with two attached hydrogens (primary N) is 1. The van der Waals surface area contributed by atoms with Crippen molar-refractivity contribution in [2.75, 3.05) is 13.7 Å². The molecule has 1 saturated carbocycles. The molecule has 0 radical (unpaired) electrons. The minimum absolute atomic E-state index is 0.0528. The molecule has 0 bridgehead atoms. The number of alkyl carbamates (subject to hydrolysis) is 2. The number of likely N-dealkylation sites (N-methyl/N-ethyl adjacent to an activating group) is 1. The number of carbonyl (C=O) groups excluding carboxylic acids is 2. The Kier molecular flexibility index (Phi) is 15.3. The lowest BCUT2D eigenvalue weighted by Crippen LogP contribution is -2.69. The Hall–Kier alpha value is -4.19. The predicted octanol–water partition coefficient (Wildman–Crippen LogP) is -0.387. The molecule has 10 N–H and O–H groups in total. The van der Waals surface area contributed by atoms with Gasteiger partial charge in [-0.3, -0.25) is 0 Å². The van der Waals surface area contributed by atoms with E-state index < -0.39 is 123 Å². The second-order valence-electron chi connectivity index (χ2n) is 15.1. The maximum absolute atomic E-state index is 13.3. The largest absolute Gasteiger partial charge is 0.445 e. The van der Waals surface area contributed by atoms with Gasteiger partial charge in [0.1, 0.15) is 43.7 Å². The molecule has 21 heteroatoms. The summed E-state index contributed by atoms with van der Waals surface area (Å²) in [6.07, 6.45) is -15.4. The molecule has 324 valence electrons. The van der Waals surface area contributed by atoms with Crippen molar-refractivity contribution in [1.82, 2.24) is 16.0 Å². The standard InChI is InChI=1S/C38H53N7O14/c1-18-13-23-33(30(49)27(41-2)35(55-23)59-36-31(50)29(48)25(39)24(15-46)56-36)58-34(18)57-32-22(43-38(52)54-17-20-11-7-4-8-12-20)14-21(28(47)26(32)44-45-40)42-37(51)53-16-19-9-5-3-6-10-19/h3-12,18,21-36,41,46-50H,13-17,39H2,1-2H3,(H,42,51)(H,43,52)/t18?,21-,22?,23+,24?,25-,26-,27?,28?,29-,30?,31?,32-,33?,34+,35?,36-/m1/s1. The number of nitrogens with zero attached hydrogens (tertiary/aromatic N) is 3. The van der Waals surface area contributed by atoms with Gasteiger partial charge in [0.2, 0.25) is 0 Å². The van der Waals surface area contributed by atoms with Crippen molar-refractivity contribution in [3.8, 4) is 0 Å². The number of nitrogens with one attached hydrogen (secondary N) is 3. The second-order valence-corrected chi connectivity index (χ2v) is 15.1. The summed E-state index contributed by atoms with van der Waals surface area (Å²) in [6.45, 7) is 1.11. The molecule has 59 heavy (non-hydrogen) atoms. The van der Waals surface area contributed by atoms with Crippen molar-refractivity contribution in [2.45, 2.75) is 131 Å². The van der Waals surface area contributed by atoms with Gasteiger partial charge in [-0.2, -0.15) is 0 Å². The lowest BCUT2D eigenvalue weighted by atomic mass is 9.82. The van der Waals surface area contributed by atoms with E-state index in [1.54, 1.807) is 55.5 Å². The molecule has 1 aliphatic carbocycles. The Balaban J connectivity index is 1.17. The molecule has 17 atom stereocenters. The van der Waals surface area contributed by atoms with E-state index in [0.717, 1.165) is 11.1 Å². The number of carbonyl (C=O) groups is 2. The summed E-state index contributed by atoms with van der Waals surface area (Å²) in [5.41, 5.74) is 17.0. The molecule has 3 saturated heterocycles. The van der Waals surface area contributed by atoms with Crippen molar-refractivity contribution < 1.29 is 68.3 Å². The van der Waals surface area contributed by atoms with E-state index >= 15 is 0 Å². The molecule has 2 aromatic carbocycles. The minimum atomic E-state index is -1.59. The summed E-state index contributed by atoms with van der Waals surface area (Å²) in [5, 5.41) is 66.1. The van der Waals surface area contributed by atoms with Crippen LogP contribution >= 0.6 is 0 Å². The Morgan fingerprint density at radius 1 is 0.814 bits per heavy atom. The molecule has 21 nitrogen and oxygen atoms in total. The molecule has 0 aromatic heterocycles. The van der Waals surface area contributed by atoms with Gasteiger partial charge >= 0.3 is 12.2 Å². The lowest BCUT2D eigenvalue weighted by Gasteiger charge is -2.52. The Morgan fingerprint density at radius 3 is 2.00 bits per heavy atom. The number of benzene rings is 2. The maximum Gasteiger partial charge on any atom is 0.407 e. The summed E-state index contributed by atoms with van der Waals surface area (Å²) in [6, 6.07) is 12.4. The predicted molar refractivity (Wildman–Crippen MR) is 202 cm³/mol. The summed E-state index contributed by atoms with van der Waals surface area (Å²) < 4.78 is 41.5. The van der Waals surface area contributed by atoms with Crippen LogP contribution in [0.3, 0.4) is 0 Å². The molecule has 4 aliphatic rings. The van der Waals surface area contributed by atoms with Gasteiger partial charge in [0.05, 0.1) is 55.1 Å². The fourth-order valence-corrected chi connectivity index (χ4v) is 7.85. The molecule has 3 aliphatic heterocycles. The van der Waals surface area contributed by atoms with E-state index in [4.69, 9.17) is 38.9 Å².